The summed E-state index contributed by atoms with van der Waals surface area (Å²) < 4.78 is 5.97. The van der Waals surface area contributed by atoms with Crippen molar-refractivity contribution in [1.82, 2.24) is 14.8 Å². The Morgan fingerprint density at radius 2 is 2.08 bits per heavy atom. The number of aromatic hydroxyl groups is 1. The lowest BCUT2D eigenvalue weighted by molar-refractivity contribution is -0.0950. The number of pyridine rings is 1. The number of piperidine rings is 1. The van der Waals surface area contributed by atoms with Crippen LogP contribution in [-0.2, 0) is 11.3 Å². The van der Waals surface area contributed by atoms with E-state index in [0.29, 0.717) is 18.2 Å². The molecule has 0 amide bonds. The first kappa shape index (κ1) is 17.5. The molecule has 6 heteroatoms. The van der Waals surface area contributed by atoms with Gasteiger partial charge in [-0.2, -0.15) is 0 Å². The lowest BCUT2D eigenvalue weighted by Gasteiger charge is -2.44. The Hall–Kier alpha value is -1.37. The van der Waals surface area contributed by atoms with Crippen LogP contribution in [-0.4, -0.2) is 64.3 Å². The summed E-state index contributed by atoms with van der Waals surface area (Å²) >= 11 is 0. The highest BCUT2D eigenvalue weighted by Crippen LogP contribution is 2.23. The Labute approximate surface area is 143 Å². The minimum atomic E-state index is -0.313. The van der Waals surface area contributed by atoms with E-state index in [1.165, 1.54) is 12.3 Å². The number of morpholine rings is 1. The van der Waals surface area contributed by atoms with Gasteiger partial charge in [0.15, 0.2) is 5.75 Å². The monoisotopic (exact) mass is 335 g/mol. The lowest BCUT2D eigenvalue weighted by Crippen LogP contribution is -2.53. The van der Waals surface area contributed by atoms with E-state index >= 15 is 0 Å². The SMILES string of the molecule is CCC1CN(C2CCN(Cc3cc(=O)c(O)c[nH]3)CC2)CC(C)O1. The van der Waals surface area contributed by atoms with Crippen molar-refractivity contribution in [3.8, 4) is 5.75 Å². The largest absolute Gasteiger partial charge is 0.503 e. The molecule has 1 aromatic rings. The zero-order chi connectivity index (χ0) is 17.1. The van der Waals surface area contributed by atoms with Crippen molar-refractivity contribution >= 4 is 0 Å². The van der Waals surface area contributed by atoms with E-state index in [4.69, 9.17) is 4.74 Å². The molecule has 2 N–H and O–H groups in total. The normalized spacial score (nSPS) is 27.4. The Morgan fingerprint density at radius 1 is 1.33 bits per heavy atom. The fraction of sp³-hybridized carbons (Fsp3) is 0.722. The number of likely N-dealkylation sites (tertiary alicyclic amines) is 1. The quantitative estimate of drug-likeness (QED) is 0.874. The maximum absolute atomic E-state index is 11.5. The first-order chi connectivity index (χ1) is 11.5. The molecule has 2 atom stereocenters. The summed E-state index contributed by atoms with van der Waals surface area (Å²) in [6.45, 7) is 9.27. The van der Waals surface area contributed by atoms with Gasteiger partial charge in [-0.15, -0.1) is 0 Å². The van der Waals surface area contributed by atoms with Gasteiger partial charge in [-0.1, -0.05) is 6.92 Å². The average molecular weight is 335 g/mol. The Bertz CT molecular complexity index is 595. The van der Waals surface area contributed by atoms with Gasteiger partial charge in [0, 0.05) is 56.7 Å². The van der Waals surface area contributed by atoms with E-state index < -0.39 is 0 Å². The van der Waals surface area contributed by atoms with Gasteiger partial charge in [-0.05, 0) is 26.2 Å². The number of nitrogens with one attached hydrogen (secondary N) is 1. The third kappa shape index (κ3) is 4.18. The second-order valence-corrected chi connectivity index (χ2v) is 7.15. The third-order valence-corrected chi connectivity index (χ3v) is 5.23. The second kappa shape index (κ2) is 7.68. The Balaban J connectivity index is 1.52. The van der Waals surface area contributed by atoms with Gasteiger partial charge in [0.1, 0.15) is 0 Å². The van der Waals surface area contributed by atoms with Crippen molar-refractivity contribution in [2.45, 2.75) is 57.9 Å². The summed E-state index contributed by atoms with van der Waals surface area (Å²) in [4.78, 5) is 19.5. The smallest absolute Gasteiger partial charge is 0.223 e. The van der Waals surface area contributed by atoms with Crippen LogP contribution in [0.2, 0.25) is 0 Å². The van der Waals surface area contributed by atoms with Gasteiger partial charge in [-0.3, -0.25) is 14.6 Å². The van der Waals surface area contributed by atoms with Crippen LogP contribution in [0.4, 0.5) is 0 Å². The average Bonchev–Trinajstić information content (AvgIpc) is 2.58. The Morgan fingerprint density at radius 3 is 2.75 bits per heavy atom. The first-order valence-electron chi connectivity index (χ1n) is 9.07. The molecule has 0 spiro atoms. The maximum atomic E-state index is 11.5. The summed E-state index contributed by atoms with van der Waals surface area (Å²) in [6.07, 6.45) is 5.47. The van der Waals surface area contributed by atoms with Crippen molar-refractivity contribution in [3.05, 3.63) is 28.2 Å². The summed E-state index contributed by atoms with van der Waals surface area (Å²) in [5, 5.41) is 9.32. The van der Waals surface area contributed by atoms with Gasteiger partial charge in [0.2, 0.25) is 5.43 Å². The molecule has 3 rings (SSSR count). The molecule has 6 nitrogen and oxygen atoms in total. The van der Waals surface area contributed by atoms with Crippen molar-refractivity contribution in [1.29, 1.82) is 0 Å². The van der Waals surface area contributed by atoms with Crippen LogP contribution in [0.5, 0.6) is 5.75 Å². The molecular formula is C18H29N3O3. The molecule has 3 heterocycles. The number of aromatic amines is 1. The van der Waals surface area contributed by atoms with Gasteiger partial charge in [-0.25, -0.2) is 0 Å². The van der Waals surface area contributed by atoms with Crippen molar-refractivity contribution < 1.29 is 9.84 Å². The van der Waals surface area contributed by atoms with E-state index in [0.717, 1.165) is 57.7 Å². The highest BCUT2D eigenvalue weighted by atomic mass is 16.5. The minimum Gasteiger partial charge on any atom is -0.503 e. The van der Waals surface area contributed by atoms with Crippen LogP contribution in [0.3, 0.4) is 0 Å². The predicted octanol–water partition coefficient (Wildman–Crippen LogP) is 1.54. The zero-order valence-corrected chi connectivity index (χ0v) is 14.7. The highest BCUT2D eigenvalue weighted by molar-refractivity contribution is 5.18. The van der Waals surface area contributed by atoms with E-state index in [2.05, 4.69) is 28.6 Å². The molecule has 2 fully saturated rings. The number of hydrogen-bond donors (Lipinski definition) is 2. The van der Waals surface area contributed by atoms with E-state index in [9.17, 15) is 9.90 Å². The van der Waals surface area contributed by atoms with Crippen LogP contribution in [0, 0.1) is 0 Å². The molecule has 0 aromatic carbocycles. The van der Waals surface area contributed by atoms with Crippen LogP contribution in [0.25, 0.3) is 0 Å². The summed E-state index contributed by atoms with van der Waals surface area (Å²) in [5.74, 6) is -0.218. The fourth-order valence-corrected chi connectivity index (χ4v) is 3.89. The lowest BCUT2D eigenvalue weighted by atomic mass is 10.0. The molecule has 0 radical (unpaired) electrons. The molecular weight excluding hydrogens is 306 g/mol. The van der Waals surface area contributed by atoms with Gasteiger partial charge < -0.3 is 14.8 Å². The summed E-state index contributed by atoms with van der Waals surface area (Å²) in [5.41, 5.74) is 0.550. The van der Waals surface area contributed by atoms with Gasteiger partial charge in [0.05, 0.1) is 12.2 Å². The third-order valence-electron chi connectivity index (χ3n) is 5.23. The number of ether oxygens (including phenoxy) is 1. The zero-order valence-electron chi connectivity index (χ0n) is 14.7. The van der Waals surface area contributed by atoms with Crippen LogP contribution in [0.1, 0.15) is 38.8 Å². The van der Waals surface area contributed by atoms with Gasteiger partial charge in [0.25, 0.3) is 0 Å². The topological polar surface area (TPSA) is 68.8 Å². The molecule has 2 aliphatic rings. The van der Waals surface area contributed by atoms with Crippen molar-refractivity contribution in [2.75, 3.05) is 26.2 Å². The molecule has 1 aromatic heterocycles. The van der Waals surface area contributed by atoms with Gasteiger partial charge >= 0.3 is 0 Å². The summed E-state index contributed by atoms with van der Waals surface area (Å²) in [6, 6.07) is 2.14. The minimum absolute atomic E-state index is 0.218. The van der Waals surface area contributed by atoms with E-state index in [-0.39, 0.29) is 11.2 Å². The standard InChI is InChI=1S/C18H29N3O3/c1-3-16-12-21(10-13(2)24-16)15-4-6-20(7-5-15)11-14-8-17(22)18(23)9-19-14/h8-9,13,15-16,23H,3-7,10-12H2,1-2H3,(H,19,22). The Kier molecular flexibility index (Phi) is 5.58. The predicted molar refractivity (Wildman–Crippen MR) is 93.2 cm³/mol. The number of rotatable bonds is 4. The number of nitrogens with zero attached hydrogens (tertiary/aromatic N) is 2. The maximum Gasteiger partial charge on any atom is 0.223 e. The summed E-state index contributed by atoms with van der Waals surface area (Å²) in [7, 11) is 0. The molecule has 0 bridgehead atoms. The van der Waals surface area contributed by atoms with E-state index in [1.54, 1.807) is 0 Å². The number of hydrogen-bond acceptors (Lipinski definition) is 5. The molecule has 134 valence electrons. The number of H-pyrrole nitrogens is 1. The van der Waals surface area contributed by atoms with Crippen molar-refractivity contribution in [2.24, 2.45) is 0 Å². The molecule has 2 aliphatic heterocycles. The van der Waals surface area contributed by atoms with Crippen LogP contribution >= 0.6 is 0 Å². The van der Waals surface area contributed by atoms with E-state index in [1.807, 2.05) is 0 Å². The highest BCUT2D eigenvalue weighted by Gasteiger charge is 2.31. The molecule has 2 unspecified atom stereocenters. The molecule has 0 saturated carbocycles. The van der Waals surface area contributed by atoms with Crippen LogP contribution in [0.15, 0.2) is 17.1 Å². The second-order valence-electron chi connectivity index (χ2n) is 7.15. The van der Waals surface area contributed by atoms with Crippen molar-refractivity contribution in [3.63, 3.8) is 0 Å². The van der Waals surface area contributed by atoms with Crippen LogP contribution < -0.4 is 5.43 Å². The molecule has 0 aliphatic carbocycles. The first-order valence-corrected chi connectivity index (χ1v) is 9.07. The number of aromatic nitrogens is 1. The molecule has 2 saturated heterocycles. The molecule has 24 heavy (non-hydrogen) atoms. The fourth-order valence-electron chi connectivity index (χ4n) is 3.89.